The first-order valence-corrected chi connectivity index (χ1v) is 4.66. The summed E-state index contributed by atoms with van der Waals surface area (Å²) in [6, 6.07) is 0. The van der Waals surface area contributed by atoms with Gasteiger partial charge in [0, 0.05) is 12.1 Å². The zero-order valence-electron chi connectivity index (χ0n) is 7.55. The molecule has 1 aliphatic rings. The second-order valence-electron chi connectivity index (χ2n) is 3.62. The highest BCUT2D eigenvalue weighted by Gasteiger charge is 2.25. The Morgan fingerprint density at radius 1 is 1.36 bits per heavy atom. The summed E-state index contributed by atoms with van der Waals surface area (Å²) in [5, 5.41) is 0. The average Bonchev–Trinajstić information content (AvgIpc) is 2.98. The fourth-order valence-electron chi connectivity index (χ4n) is 1.60. The molecule has 1 saturated carbocycles. The van der Waals surface area contributed by atoms with Crippen LogP contribution < -0.4 is 0 Å². The maximum Gasteiger partial charge on any atom is 0.168 e. The molecule has 4 heteroatoms. The van der Waals surface area contributed by atoms with Gasteiger partial charge in [-0.05, 0) is 12.8 Å². The Bertz CT molecular complexity index is 499. The summed E-state index contributed by atoms with van der Waals surface area (Å²) < 4.78 is 1.80. The highest BCUT2D eigenvalue weighted by molar-refractivity contribution is 5.73. The molecule has 0 spiro atoms. The number of hydrogen-bond acceptors (Lipinski definition) is 3. The van der Waals surface area contributed by atoms with E-state index in [9.17, 15) is 4.79 Å². The molecule has 0 N–H and O–H groups in total. The number of carbonyl (C=O) groups excluding carboxylic acids is 1. The van der Waals surface area contributed by atoms with Crippen molar-refractivity contribution in [2.45, 2.75) is 18.8 Å². The van der Waals surface area contributed by atoms with E-state index in [1.54, 1.807) is 16.8 Å². The van der Waals surface area contributed by atoms with Crippen LogP contribution >= 0.6 is 0 Å². The van der Waals surface area contributed by atoms with Crippen LogP contribution in [-0.2, 0) is 0 Å². The Kier molecular flexibility index (Phi) is 1.45. The minimum atomic E-state index is 0.587. The number of nitrogens with zero attached hydrogens (tertiary/aromatic N) is 3. The van der Waals surface area contributed by atoms with Gasteiger partial charge < -0.3 is 0 Å². The molecule has 0 bridgehead atoms. The molecule has 0 amide bonds. The van der Waals surface area contributed by atoms with Crippen LogP contribution in [0.2, 0.25) is 0 Å². The van der Waals surface area contributed by atoms with Gasteiger partial charge >= 0.3 is 0 Å². The Hall–Kier alpha value is -1.71. The molecular weight excluding hydrogens is 178 g/mol. The molecule has 2 heterocycles. The third-order valence-corrected chi connectivity index (χ3v) is 2.56. The first-order chi connectivity index (χ1) is 6.88. The van der Waals surface area contributed by atoms with E-state index in [-0.39, 0.29) is 0 Å². The number of fused-ring (bicyclic) bond motifs is 1. The van der Waals surface area contributed by atoms with Gasteiger partial charge in [-0.15, -0.1) is 0 Å². The third-order valence-electron chi connectivity index (χ3n) is 2.56. The van der Waals surface area contributed by atoms with Crippen LogP contribution in [0.3, 0.4) is 0 Å². The lowest BCUT2D eigenvalue weighted by molar-refractivity contribution is 0.111. The molecule has 0 saturated heterocycles. The molecule has 0 radical (unpaired) electrons. The van der Waals surface area contributed by atoms with Crippen molar-refractivity contribution in [1.82, 2.24) is 14.4 Å². The smallest absolute Gasteiger partial charge is 0.168 e. The fourth-order valence-corrected chi connectivity index (χ4v) is 1.60. The van der Waals surface area contributed by atoms with Crippen LogP contribution in [0.5, 0.6) is 0 Å². The lowest BCUT2D eigenvalue weighted by atomic mass is 10.3. The number of carbonyl (C=O) groups is 1. The minimum Gasteiger partial charge on any atom is -0.296 e. The van der Waals surface area contributed by atoms with Crippen molar-refractivity contribution in [3.63, 3.8) is 0 Å². The van der Waals surface area contributed by atoms with Crippen molar-refractivity contribution in [2.24, 2.45) is 0 Å². The molecule has 2 aromatic rings. The maximum absolute atomic E-state index is 10.7. The minimum absolute atomic E-state index is 0.587. The normalized spacial score (nSPS) is 16.0. The number of imidazole rings is 1. The molecular formula is C10H9N3O. The van der Waals surface area contributed by atoms with Crippen molar-refractivity contribution in [3.05, 3.63) is 30.0 Å². The number of aldehydes is 1. The van der Waals surface area contributed by atoms with Crippen molar-refractivity contribution in [3.8, 4) is 0 Å². The third kappa shape index (κ3) is 1.04. The zero-order valence-corrected chi connectivity index (χ0v) is 7.55. The van der Waals surface area contributed by atoms with Crippen LogP contribution in [0, 0.1) is 0 Å². The van der Waals surface area contributed by atoms with Crippen molar-refractivity contribution in [2.75, 3.05) is 0 Å². The van der Waals surface area contributed by atoms with Crippen LogP contribution in [0.4, 0.5) is 0 Å². The largest absolute Gasteiger partial charge is 0.296 e. The van der Waals surface area contributed by atoms with Crippen LogP contribution in [0.25, 0.3) is 5.65 Å². The maximum atomic E-state index is 10.7. The summed E-state index contributed by atoms with van der Waals surface area (Å²) >= 11 is 0. The van der Waals surface area contributed by atoms with Crippen LogP contribution in [-0.4, -0.2) is 20.7 Å². The second-order valence-corrected chi connectivity index (χ2v) is 3.62. The van der Waals surface area contributed by atoms with Gasteiger partial charge in [0.2, 0.25) is 0 Å². The van der Waals surface area contributed by atoms with Gasteiger partial charge in [-0.1, -0.05) is 0 Å². The van der Waals surface area contributed by atoms with E-state index in [1.165, 1.54) is 12.8 Å². The Balaban J connectivity index is 2.23. The van der Waals surface area contributed by atoms with Gasteiger partial charge in [-0.3, -0.25) is 14.2 Å². The molecule has 0 aromatic carbocycles. The van der Waals surface area contributed by atoms with E-state index in [1.807, 2.05) is 6.20 Å². The van der Waals surface area contributed by atoms with E-state index in [2.05, 4.69) is 9.97 Å². The second kappa shape index (κ2) is 2.64. The van der Waals surface area contributed by atoms with Gasteiger partial charge in [-0.2, -0.15) is 0 Å². The van der Waals surface area contributed by atoms with Gasteiger partial charge in [-0.25, -0.2) is 4.98 Å². The first kappa shape index (κ1) is 7.67. The predicted octanol–water partition coefficient (Wildman–Crippen LogP) is 1.42. The molecule has 1 fully saturated rings. The first-order valence-electron chi connectivity index (χ1n) is 4.66. The lowest BCUT2D eigenvalue weighted by Crippen LogP contribution is -1.95. The Labute approximate surface area is 80.6 Å². The van der Waals surface area contributed by atoms with E-state index in [0.29, 0.717) is 11.6 Å². The topological polar surface area (TPSA) is 47.3 Å². The van der Waals surface area contributed by atoms with E-state index < -0.39 is 0 Å². The molecule has 0 atom stereocenters. The highest BCUT2D eigenvalue weighted by Crippen LogP contribution is 2.38. The van der Waals surface area contributed by atoms with Gasteiger partial charge in [0.15, 0.2) is 11.9 Å². The van der Waals surface area contributed by atoms with Gasteiger partial charge in [0.1, 0.15) is 5.69 Å². The highest BCUT2D eigenvalue weighted by atomic mass is 16.1. The standard InChI is InChI=1S/C10H9N3O/c14-6-8-3-12-10-4-11-9(5-13(8)10)7-1-2-7/h3-7H,1-2H2. The SMILES string of the molecule is O=Cc1cnc2cnc(C3CC3)cn12. The van der Waals surface area contributed by atoms with Crippen LogP contribution in [0.1, 0.15) is 34.9 Å². The summed E-state index contributed by atoms with van der Waals surface area (Å²) in [5.41, 5.74) is 2.39. The molecule has 0 unspecified atom stereocenters. The quantitative estimate of drug-likeness (QED) is 0.668. The van der Waals surface area contributed by atoms with Gasteiger partial charge in [0.05, 0.1) is 18.1 Å². The van der Waals surface area contributed by atoms with Crippen molar-refractivity contribution < 1.29 is 4.79 Å². The van der Waals surface area contributed by atoms with E-state index in [0.717, 1.165) is 17.6 Å². The average molecular weight is 187 g/mol. The molecule has 2 aromatic heterocycles. The van der Waals surface area contributed by atoms with Gasteiger partial charge in [0.25, 0.3) is 0 Å². The monoisotopic (exact) mass is 187 g/mol. The lowest BCUT2D eigenvalue weighted by Gasteiger charge is -1.99. The summed E-state index contributed by atoms with van der Waals surface area (Å²) in [7, 11) is 0. The van der Waals surface area contributed by atoms with Crippen LogP contribution in [0.15, 0.2) is 18.6 Å². The Morgan fingerprint density at radius 2 is 2.21 bits per heavy atom. The fraction of sp³-hybridized carbons (Fsp3) is 0.300. The molecule has 14 heavy (non-hydrogen) atoms. The molecule has 4 nitrogen and oxygen atoms in total. The number of hydrogen-bond donors (Lipinski definition) is 0. The molecule has 3 rings (SSSR count). The van der Waals surface area contributed by atoms with Crippen molar-refractivity contribution >= 4 is 11.9 Å². The number of aromatic nitrogens is 3. The summed E-state index contributed by atoms with van der Waals surface area (Å²) in [5.74, 6) is 0.598. The van der Waals surface area contributed by atoms with E-state index >= 15 is 0 Å². The molecule has 70 valence electrons. The van der Waals surface area contributed by atoms with E-state index in [4.69, 9.17) is 0 Å². The molecule has 1 aliphatic carbocycles. The summed E-state index contributed by atoms with van der Waals surface area (Å²) in [4.78, 5) is 19.1. The molecule has 0 aliphatic heterocycles. The predicted molar refractivity (Wildman–Crippen MR) is 50.3 cm³/mol. The number of rotatable bonds is 2. The Morgan fingerprint density at radius 3 is 2.93 bits per heavy atom. The zero-order chi connectivity index (χ0) is 9.54. The summed E-state index contributed by atoms with van der Waals surface area (Å²) in [6.07, 6.45) is 8.45. The van der Waals surface area contributed by atoms with Crippen molar-refractivity contribution in [1.29, 1.82) is 0 Å². The summed E-state index contributed by atoms with van der Waals surface area (Å²) in [6.45, 7) is 0.